The van der Waals surface area contributed by atoms with Crippen LogP contribution in [-0.4, -0.2) is 71.4 Å². The van der Waals surface area contributed by atoms with Gasteiger partial charge in [0.1, 0.15) is 0 Å². The summed E-state index contributed by atoms with van der Waals surface area (Å²) in [5.41, 5.74) is 2.39. The molecule has 1 heterocycles. The Hall–Kier alpha value is -3.11. The minimum absolute atomic E-state index is 0.0817. The van der Waals surface area contributed by atoms with Crippen LogP contribution in [0.3, 0.4) is 0 Å². The maximum atomic E-state index is 13.3. The van der Waals surface area contributed by atoms with Gasteiger partial charge < -0.3 is 20.4 Å². The summed E-state index contributed by atoms with van der Waals surface area (Å²) in [5, 5.41) is 6.05. The van der Waals surface area contributed by atoms with Gasteiger partial charge in [-0.2, -0.15) is 0 Å². The van der Waals surface area contributed by atoms with Crippen molar-refractivity contribution in [1.82, 2.24) is 15.5 Å². The molecule has 0 spiro atoms. The second kappa shape index (κ2) is 12.2. The molecule has 1 aliphatic heterocycles. The van der Waals surface area contributed by atoms with Crippen LogP contribution in [0.15, 0.2) is 47.4 Å². The molecular weight excluding hydrogens is 478 g/mol. The Morgan fingerprint density at radius 3 is 2.36 bits per heavy atom. The van der Waals surface area contributed by atoms with Crippen molar-refractivity contribution in [3.8, 4) is 0 Å². The van der Waals surface area contributed by atoms with Crippen molar-refractivity contribution < 1.29 is 18.0 Å². The summed E-state index contributed by atoms with van der Waals surface area (Å²) in [6, 6.07) is 11.8. The lowest BCUT2D eigenvalue weighted by Gasteiger charge is -2.31. The highest BCUT2D eigenvalue weighted by Gasteiger charge is 2.23. The minimum Gasteiger partial charge on any atom is -0.367 e. The molecular formula is C26H37N5O4S. The molecule has 10 heteroatoms. The molecule has 0 saturated carbocycles. The van der Waals surface area contributed by atoms with Crippen LogP contribution in [0.4, 0.5) is 11.4 Å². The van der Waals surface area contributed by atoms with E-state index in [1.54, 1.807) is 37.4 Å². The number of hydrogen-bond donors (Lipinski definition) is 3. The molecule has 0 unspecified atom stereocenters. The first-order chi connectivity index (χ1) is 17.1. The number of nitrogens with one attached hydrogen (secondary N) is 3. The molecule has 2 aromatic rings. The van der Waals surface area contributed by atoms with Gasteiger partial charge in [0, 0.05) is 45.3 Å². The van der Waals surface area contributed by atoms with Crippen LogP contribution >= 0.6 is 0 Å². The fraction of sp³-hybridized carbons (Fsp3) is 0.462. The number of likely N-dealkylation sites (N-methyl/N-ethyl adjacent to an activating group) is 1. The van der Waals surface area contributed by atoms with E-state index < -0.39 is 10.0 Å². The summed E-state index contributed by atoms with van der Waals surface area (Å²) < 4.78 is 29.3. The van der Waals surface area contributed by atoms with Gasteiger partial charge in [0.05, 0.1) is 22.8 Å². The van der Waals surface area contributed by atoms with Crippen molar-refractivity contribution in [3.05, 3.63) is 53.6 Å². The third kappa shape index (κ3) is 6.98. The highest BCUT2D eigenvalue weighted by Crippen LogP contribution is 2.30. The lowest BCUT2D eigenvalue weighted by atomic mass is 10.0. The monoisotopic (exact) mass is 515 g/mol. The quantitative estimate of drug-likeness (QED) is 0.449. The first kappa shape index (κ1) is 27.5. The van der Waals surface area contributed by atoms with Crippen molar-refractivity contribution in [2.24, 2.45) is 0 Å². The summed E-state index contributed by atoms with van der Waals surface area (Å²) in [4.78, 5) is 28.7. The van der Waals surface area contributed by atoms with Gasteiger partial charge in [-0.15, -0.1) is 0 Å². The molecule has 9 nitrogen and oxygen atoms in total. The molecule has 3 rings (SSSR count). The van der Waals surface area contributed by atoms with Crippen molar-refractivity contribution in [2.75, 3.05) is 55.9 Å². The Kier molecular flexibility index (Phi) is 9.33. The lowest BCUT2D eigenvalue weighted by Crippen LogP contribution is -2.44. The van der Waals surface area contributed by atoms with E-state index in [2.05, 4.69) is 34.1 Å². The molecule has 2 amide bonds. The molecule has 1 fully saturated rings. The third-order valence-corrected chi connectivity index (χ3v) is 7.48. The van der Waals surface area contributed by atoms with Crippen LogP contribution in [-0.2, 0) is 14.8 Å². The Labute approximate surface area is 214 Å². The summed E-state index contributed by atoms with van der Waals surface area (Å²) >= 11 is 0. The summed E-state index contributed by atoms with van der Waals surface area (Å²) in [6.07, 6.45) is 0.806. The number of sulfonamides is 1. The van der Waals surface area contributed by atoms with Crippen molar-refractivity contribution in [2.45, 2.75) is 38.0 Å². The van der Waals surface area contributed by atoms with Crippen LogP contribution in [0, 0.1) is 0 Å². The number of rotatable bonds is 10. The fourth-order valence-corrected chi connectivity index (χ4v) is 5.06. The van der Waals surface area contributed by atoms with Crippen LogP contribution < -0.4 is 20.3 Å². The van der Waals surface area contributed by atoms with Crippen molar-refractivity contribution in [1.29, 1.82) is 0 Å². The van der Waals surface area contributed by atoms with Crippen LogP contribution in [0.1, 0.15) is 49.0 Å². The first-order valence-electron chi connectivity index (χ1n) is 12.4. The second-order valence-corrected chi connectivity index (χ2v) is 11.0. The minimum atomic E-state index is -3.89. The number of carbonyl (C=O) groups is 2. The highest BCUT2D eigenvalue weighted by molar-refractivity contribution is 7.92. The highest BCUT2D eigenvalue weighted by atomic mass is 32.2. The number of piperazine rings is 1. The van der Waals surface area contributed by atoms with E-state index in [4.69, 9.17) is 0 Å². The molecule has 196 valence electrons. The maximum Gasteiger partial charge on any atom is 0.261 e. The van der Waals surface area contributed by atoms with E-state index in [-0.39, 0.29) is 29.2 Å². The van der Waals surface area contributed by atoms with E-state index in [0.29, 0.717) is 36.6 Å². The van der Waals surface area contributed by atoms with Gasteiger partial charge in [-0.05, 0) is 48.2 Å². The molecule has 0 aromatic heterocycles. The Balaban J connectivity index is 1.90. The summed E-state index contributed by atoms with van der Waals surface area (Å²) in [7, 11) is -2.34. The molecule has 36 heavy (non-hydrogen) atoms. The summed E-state index contributed by atoms with van der Waals surface area (Å²) in [6.45, 7) is 9.49. The smallest absolute Gasteiger partial charge is 0.261 e. The zero-order valence-electron chi connectivity index (χ0n) is 21.5. The molecule has 0 radical (unpaired) electrons. The third-order valence-electron chi connectivity index (χ3n) is 6.10. The Bertz CT molecular complexity index is 1160. The molecule has 0 aliphatic carbocycles. The van der Waals surface area contributed by atoms with Crippen molar-refractivity contribution >= 4 is 33.2 Å². The zero-order chi connectivity index (χ0) is 26.3. The SMILES string of the molecule is CCCNC(=O)CN(C)C(=O)c1ccc(N2CCNCC2)c(NS(=O)(=O)c2ccc(C(C)C)cc2)c1. The predicted octanol–water partition coefficient (Wildman–Crippen LogP) is 2.62. The molecule has 1 aliphatic rings. The topological polar surface area (TPSA) is 111 Å². The number of hydrogen-bond acceptors (Lipinski definition) is 6. The average molecular weight is 516 g/mol. The van der Waals surface area contributed by atoms with Gasteiger partial charge >= 0.3 is 0 Å². The van der Waals surface area contributed by atoms with Gasteiger partial charge in [-0.1, -0.05) is 32.9 Å². The van der Waals surface area contributed by atoms with Gasteiger partial charge in [-0.25, -0.2) is 8.42 Å². The lowest BCUT2D eigenvalue weighted by molar-refractivity contribution is -0.121. The first-order valence-corrected chi connectivity index (χ1v) is 13.9. The van der Waals surface area contributed by atoms with E-state index >= 15 is 0 Å². The number of anilines is 2. The normalized spacial score (nSPS) is 14.0. The number of nitrogens with zero attached hydrogens (tertiary/aromatic N) is 2. The largest absolute Gasteiger partial charge is 0.367 e. The zero-order valence-corrected chi connectivity index (χ0v) is 22.3. The van der Waals surface area contributed by atoms with Crippen LogP contribution in [0.5, 0.6) is 0 Å². The molecule has 2 aromatic carbocycles. The van der Waals surface area contributed by atoms with Crippen LogP contribution in [0.25, 0.3) is 0 Å². The van der Waals surface area contributed by atoms with E-state index in [1.165, 1.54) is 4.90 Å². The molecule has 1 saturated heterocycles. The fourth-order valence-electron chi connectivity index (χ4n) is 4.00. The van der Waals surface area contributed by atoms with Crippen molar-refractivity contribution in [3.63, 3.8) is 0 Å². The van der Waals surface area contributed by atoms with E-state index in [1.807, 2.05) is 19.1 Å². The Morgan fingerprint density at radius 1 is 1.08 bits per heavy atom. The van der Waals surface area contributed by atoms with Gasteiger partial charge in [0.25, 0.3) is 15.9 Å². The Morgan fingerprint density at radius 2 is 1.75 bits per heavy atom. The number of amides is 2. The van der Waals surface area contributed by atoms with Gasteiger partial charge in [-0.3, -0.25) is 14.3 Å². The van der Waals surface area contributed by atoms with Crippen LogP contribution in [0.2, 0.25) is 0 Å². The average Bonchev–Trinajstić information content (AvgIpc) is 2.87. The summed E-state index contributed by atoms with van der Waals surface area (Å²) in [5.74, 6) is -0.316. The number of benzene rings is 2. The second-order valence-electron chi connectivity index (χ2n) is 9.31. The predicted molar refractivity (Wildman–Crippen MR) is 143 cm³/mol. The number of carbonyl (C=O) groups excluding carboxylic acids is 2. The van der Waals surface area contributed by atoms with Gasteiger partial charge in [0.2, 0.25) is 5.91 Å². The maximum absolute atomic E-state index is 13.3. The standard InChI is InChI=1S/C26H37N5O4S/c1-5-12-28-25(32)18-30(4)26(33)21-8-11-24(31-15-13-27-14-16-31)23(17-21)29-36(34,35)22-9-6-20(7-10-22)19(2)3/h6-11,17,19,27,29H,5,12-16,18H2,1-4H3,(H,28,32). The molecule has 0 bridgehead atoms. The van der Waals surface area contributed by atoms with E-state index in [0.717, 1.165) is 25.1 Å². The van der Waals surface area contributed by atoms with E-state index in [9.17, 15) is 18.0 Å². The van der Waals surface area contributed by atoms with Gasteiger partial charge in [0.15, 0.2) is 0 Å². The molecule has 3 N–H and O–H groups in total. The molecule has 0 atom stereocenters.